The molecule has 3 rings (SSSR count). The Morgan fingerprint density at radius 3 is 1.39 bits per heavy atom. The number of benzene rings is 3. The number of rotatable bonds is 6. The van der Waals surface area contributed by atoms with E-state index in [2.05, 4.69) is 0 Å². The fourth-order valence-electron chi connectivity index (χ4n) is 2.46. The highest BCUT2D eigenvalue weighted by molar-refractivity contribution is 5.93. The Bertz CT molecular complexity index is 903. The topological polar surface area (TPSA) is 52.6 Å². The molecule has 0 bridgehead atoms. The molecule has 28 heavy (non-hydrogen) atoms. The van der Waals surface area contributed by atoms with Crippen LogP contribution in [0, 0.1) is 11.6 Å². The van der Waals surface area contributed by atoms with Crippen molar-refractivity contribution in [1.29, 1.82) is 0 Å². The quantitative estimate of drug-likeness (QED) is 0.581. The lowest BCUT2D eigenvalue weighted by Crippen LogP contribution is -2.08. The molecule has 0 heterocycles. The molecule has 0 fully saturated rings. The van der Waals surface area contributed by atoms with Crippen molar-refractivity contribution in [2.75, 3.05) is 0 Å². The molecule has 3 aromatic carbocycles. The average molecular weight is 382 g/mol. The molecule has 6 heteroatoms. The molecule has 0 radical (unpaired) electrons. The van der Waals surface area contributed by atoms with E-state index >= 15 is 0 Å². The lowest BCUT2D eigenvalue weighted by Gasteiger charge is -2.07. The second kappa shape index (κ2) is 8.90. The van der Waals surface area contributed by atoms with Gasteiger partial charge in [-0.2, -0.15) is 0 Å². The second-order valence-corrected chi connectivity index (χ2v) is 5.99. The highest BCUT2D eigenvalue weighted by Gasteiger charge is 2.12. The van der Waals surface area contributed by atoms with Gasteiger partial charge >= 0.3 is 11.9 Å². The molecular formula is C22H16F2O4. The highest BCUT2D eigenvalue weighted by Crippen LogP contribution is 2.12. The molecule has 0 spiro atoms. The van der Waals surface area contributed by atoms with Gasteiger partial charge in [-0.25, -0.2) is 18.4 Å². The Labute approximate surface area is 160 Å². The Kier molecular flexibility index (Phi) is 6.11. The van der Waals surface area contributed by atoms with E-state index in [-0.39, 0.29) is 24.3 Å². The molecular weight excluding hydrogens is 366 g/mol. The van der Waals surface area contributed by atoms with E-state index in [1.54, 1.807) is 12.1 Å². The third-order valence-electron chi connectivity index (χ3n) is 3.87. The number of carbonyl (C=O) groups is 2. The molecule has 0 unspecified atom stereocenters. The number of ether oxygens (including phenoxy) is 2. The van der Waals surface area contributed by atoms with E-state index in [0.29, 0.717) is 11.1 Å². The second-order valence-electron chi connectivity index (χ2n) is 5.99. The first-order valence-corrected chi connectivity index (χ1v) is 8.44. The molecule has 4 nitrogen and oxygen atoms in total. The van der Waals surface area contributed by atoms with Gasteiger partial charge in [-0.15, -0.1) is 0 Å². The Morgan fingerprint density at radius 2 is 1.04 bits per heavy atom. The molecule has 3 aromatic rings. The third kappa shape index (κ3) is 5.23. The summed E-state index contributed by atoms with van der Waals surface area (Å²) in [5.41, 5.74) is 1.56. The lowest BCUT2D eigenvalue weighted by molar-refractivity contribution is 0.0458. The SMILES string of the molecule is O=C(OCc1cccc(F)c1)c1ccc(C(=O)OCc2cccc(F)c2)cc1. The minimum absolute atomic E-state index is 0.0615. The smallest absolute Gasteiger partial charge is 0.338 e. The zero-order valence-electron chi connectivity index (χ0n) is 14.7. The first-order chi connectivity index (χ1) is 13.5. The van der Waals surface area contributed by atoms with E-state index in [4.69, 9.17) is 9.47 Å². The molecule has 0 aliphatic rings. The third-order valence-corrected chi connectivity index (χ3v) is 3.87. The summed E-state index contributed by atoms with van der Waals surface area (Å²) in [4.78, 5) is 24.1. The molecule has 0 N–H and O–H groups in total. The van der Waals surface area contributed by atoms with Crippen LogP contribution in [-0.2, 0) is 22.7 Å². The first kappa shape index (κ1) is 19.2. The summed E-state index contributed by atoms with van der Waals surface area (Å²) in [6, 6.07) is 17.3. The van der Waals surface area contributed by atoms with Gasteiger partial charge in [0.1, 0.15) is 24.8 Å². The maximum Gasteiger partial charge on any atom is 0.338 e. The number of hydrogen-bond acceptors (Lipinski definition) is 4. The Balaban J connectivity index is 1.54. The van der Waals surface area contributed by atoms with Gasteiger partial charge in [0.15, 0.2) is 0 Å². The normalized spacial score (nSPS) is 10.4. The first-order valence-electron chi connectivity index (χ1n) is 8.44. The van der Waals surface area contributed by atoms with Crippen molar-refractivity contribution in [3.05, 3.63) is 107 Å². The van der Waals surface area contributed by atoms with Crippen LogP contribution in [0.3, 0.4) is 0 Å². The van der Waals surface area contributed by atoms with Crippen molar-refractivity contribution < 1.29 is 27.8 Å². The van der Waals surface area contributed by atoms with E-state index < -0.39 is 23.6 Å². The summed E-state index contributed by atoms with van der Waals surface area (Å²) < 4.78 is 36.5. The predicted molar refractivity (Wildman–Crippen MR) is 97.5 cm³/mol. The highest BCUT2D eigenvalue weighted by atomic mass is 19.1. The number of carbonyl (C=O) groups excluding carboxylic acids is 2. The van der Waals surface area contributed by atoms with Crippen molar-refractivity contribution >= 4 is 11.9 Å². The van der Waals surface area contributed by atoms with E-state index in [1.165, 1.54) is 60.7 Å². The Morgan fingerprint density at radius 1 is 0.643 bits per heavy atom. The van der Waals surface area contributed by atoms with Crippen molar-refractivity contribution in [3.63, 3.8) is 0 Å². The van der Waals surface area contributed by atoms with Gasteiger partial charge in [0.05, 0.1) is 11.1 Å². The summed E-state index contributed by atoms with van der Waals surface area (Å²) in [6.07, 6.45) is 0. The van der Waals surface area contributed by atoms with Gasteiger partial charge in [-0.1, -0.05) is 24.3 Å². The summed E-state index contributed by atoms with van der Waals surface area (Å²) in [5.74, 6) is -2.00. The number of esters is 2. The summed E-state index contributed by atoms with van der Waals surface area (Å²) in [5, 5.41) is 0. The number of halogens is 2. The van der Waals surface area contributed by atoms with E-state index in [1.807, 2.05) is 0 Å². The molecule has 0 aliphatic heterocycles. The van der Waals surface area contributed by atoms with Crippen LogP contribution < -0.4 is 0 Å². The number of hydrogen-bond donors (Lipinski definition) is 0. The van der Waals surface area contributed by atoms with Crippen LogP contribution in [-0.4, -0.2) is 11.9 Å². The lowest BCUT2D eigenvalue weighted by atomic mass is 10.1. The van der Waals surface area contributed by atoms with Crippen LogP contribution >= 0.6 is 0 Å². The molecule has 0 saturated heterocycles. The van der Waals surface area contributed by atoms with Gasteiger partial charge in [0.25, 0.3) is 0 Å². The molecule has 0 saturated carbocycles. The largest absolute Gasteiger partial charge is 0.457 e. The Hall–Kier alpha value is -3.54. The van der Waals surface area contributed by atoms with Gasteiger partial charge in [-0.3, -0.25) is 0 Å². The predicted octanol–water partition coefficient (Wildman–Crippen LogP) is 4.68. The van der Waals surface area contributed by atoms with Crippen molar-refractivity contribution in [2.45, 2.75) is 13.2 Å². The minimum Gasteiger partial charge on any atom is -0.457 e. The van der Waals surface area contributed by atoms with Crippen LogP contribution in [0.4, 0.5) is 8.78 Å². The fraction of sp³-hybridized carbons (Fsp3) is 0.0909. The molecule has 0 aliphatic carbocycles. The van der Waals surface area contributed by atoms with Gasteiger partial charge in [0.2, 0.25) is 0 Å². The van der Waals surface area contributed by atoms with E-state index in [0.717, 1.165) is 0 Å². The van der Waals surface area contributed by atoms with Gasteiger partial charge in [0, 0.05) is 0 Å². The van der Waals surface area contributed by atoms with Crippen molar-refractivity contribution in [1.82, 2.24) is 0 Å². The standard InChI is InChI=1S/C22H16F2O4/c23-19-5-1-3-15(11-19)13-27-21(25)17-7-9-18(10-8-17)22(26)28-14-16-4-2-6-20(24)12-16/h1-12H,13-14H2. The monoisotopic (exact) mass is 382 g/mol. The van der Waals surface area contributed by atoms with Crippen LogP contribution in [0.2, 0.25) is 0 Å². The van der Waals surface area contributed by atoms with Crippen LogP contribution in [0.25, 0.3) is 0 Å². The molecule has 0 amide bonds. The van der Waals surface area contributed by atoms with Gasteiger partial charge in [-0.05, 0) is 59.7 Å². The molecule has 142 valence electrons. The van der Waals surface area contributed by atoms with E-state index in [9.17, 15) is 18.4 Å². The summed E-state index contributed by atoms with van der Waals surface area (Å²) in [6.45, 7) is -0.123. The van der Waals surface area contributed by atoms with Crippen LogP contribution in [0.1, 0.15) is 31.8 Å². The zero-order valence-corrected chi connectivity index (χ0v) is 14.7. The maximum atomic E-state index is 13.1. The summed E-state index contributed by atoms with van der Waals surface area (Å²) >= 11 is 0. The molecule has 0 atom stereocenters. The fourth-order valence-corrected chi connectivity index (χ4v) is 2.46. The molecule has 0 aromatic heterocycles. The van der Waals surface area contributed by atoms with Crippen LogP contribution in [0.15, 0.2) is 72.8 Å². The average Bonchev–Trinajstić information content (AvgIpc) is 2.70. The van der Waals surface area contributed by atoms with Gasteiger partial charge < -0.3 is 9.47 Å². The summed E-state index contributed by atoms with van der Waals surface area (Å²) in [7, 11) is 0. The van der Waals surface area contributed by atoms with Crippen molar-refractivity contribution in [3.8, 4) is 0 Å². The zero-order chi connectivity index (χ0) is 19.9. The maximum absolute atomic E-state index is 13.1. The van der Waals surface area contributed by atoms with Crippen LogP contribution in [0.5, 0.6) is 0 Å². The minimum atomic E-state index is -0.594. The van der Waals surface area contributed by atoms with Crippen molar-refractivity contribution in [2.24, 2.45) is 0 Å².